The Kier molecular flexibility index (Phi) is 7.31. The molecule has 3 aliphatic heterocycles. The summed E-state index contributed by atoms with van der Waals surface area (Å²) in [6, 6.07) is 15.2. The molecule has 1 spiro atoms. The number of likely N-dealkylation sites (tertiary alicyclic amines) is 1. The number of esters is 1. The molecular formula is C33H33Cl2FN4O3. The van der Waals surface area contributed by atoms with E-state index in [9.17, 15) is 9.59 Å². The van der Waals surface area contributed by atoms with Crippen molar-refractivity contribution in [2.45, 2.75) is 57.7 Å². The molecule has 4 atom stereocenters. The molecular weight excluding hydrogens is 590 g/mol. The van der Waals surface area contributed by atoms with Gasteiger partial charge < -0.3 is 10.1 Å². The zero-order valence-corrected chi connectivity index (χ0v) is 24.8. The summed E-state index contributed by atoms with van der Waals surface area (Å²) >= 11 is 12.7. The van der Waals surface area contributed by atoms with Gasteiger partial charge in [-0.2, -0.15) is 5.10 Å². The number of ether oxygens (including phenoxy) is 1. The number of carbonyl (C=O) groups excluding carboxylic acids is 2. The van der Waals surface area contributed by atoms with Crippen LogP contribution in [0.3, 0.4) is 0 Å². The molecule has 1 saturated heterocycles. The van der Waals surface area contributed by atoms with Crippen LogP contribution in [0.15, 0.2) is 54.6 Å². The number of halogens is 3. The van der Waals surface area contributed by atoms with Gasteiger partial charge in [-0.25, -0.2) is 9.18 Å². The second-order valence-corrected chi connectivity index (χ2v) is 12.6. The van der Waals surface area contributed by atoms with Gasteiger partial charge in [0.1, 0.15) is 11.4 Å². The van der Waals surface area contributed by atoms with Gasteiger partial charge in [0.2, 0.25) is 5.91 Å². The van der Waals surface area contributed by atoms with Gasteiger partial charge in [0.15, 0.2) is 0 Å². The van der Waals surface area contributed by atoms with Crippen LogP contribution in [0.25, 0.3) is 10.9 Å². The van der Waals surface area contributed by atoms with E-state index in [1.54, 1.807) is 36.4 Å². The predicted molar refractivity (Wildman–Crippen MR) is 166 cm³/mol. The number of anilines is 1. The molecule has 7 nitrogen and oxygen atoms in total. The minimum atomic E-state index is -1.22. The van der Waals surface area contributed by atoms with Crippen LogP contribution in [0.1, 0.15) is 66.8 Å². The van der Waals surface area contributed by atoms with Crippen LogP contribution in [0.5, 0.6) is 0 Å². The molecule has 0 aliphatic carbocycles. The van der Waals surface area contributed by atoms with Gasteiger partial charge in [0.25, 0.3) is 0 Å². The highest BCUT2D eigenvalue weighted by Gasteiger charge is 2.69. The number of benzene rings is 3. The second kappa shape index (κ2) is 10.6. The molecule has 224 valence electrons. The van der Waals surface area contributed by atoms with Crippen LogP contribution in [0, 0.1) is 11.7 Å². The molecule has 0 saturated carbocycles. The van der Waals surface area contributed by atoms with Crippen molar-refractivity contribution in [3.63, 3.8) is 0 Å². The van der Waals surface area contributed by atoms with E-state index in [0.29, 0.717) is 46.2 Å². The van der Waals surface area contributed by atoms with Crippen LogP contribution < -0.4 is 5.32 Å². The van der Waals surface area contributed by atoms with E-state index in [0.717, 1.165) is 23.1 Å². The first-order valence-corrected chi connectivity index (χ1v) is 14.8. The SMILES string of the molecule is C.COC(=O)c1ccc2c3n(nc2c1)[C@@H]1[C@H](C3)N(CCC(C)C)[C@@]2(C(=O)Nc3cc(Cl)ccc32)[C@H]1c1cccc(Cl)c1F. The number of hydrogen-bond acceptors (Lipinski definition) is 5. The maximum atomic E-state index is 16.1. The average Bonchev–Trinajstić information content (AvgIpc) is 3.65. The molecule has 1 fully saturated rings. The average molecular weight is 624 g/mol. The molecule has 0 unspecified atom stereocenters. The van der Waals surface area contributed by atoms with E-state index in [2.05, 4.69) is 24.1 Å². The van der Waals surface area contributed by atoms with Gasteiger partial charge in [-0.3, -0.25) is 14.4 Å². The van der Waals surface area contributed by atoms with E-state index in [1.807, 2.05) is 16.8 Å². The van der Waals surface area contributed by atoms with Crippen molar-refractivity contribution in [3.8, 4) is 0 Å². The van der Waals surface area contributed by atoms with Crippen molar-refractivity contribution in [2.75, 3.05) is 19.0 Å². The predicted octanol–water partition coefficient (Wildman–Crippen LogP) is 7.36. The number of carbonyl (C=O) groups is 2. The van der Waals surface area contributed by atoms with Crippen LogP contribution in [0.4, 0.5) is 10.1 Å². The fraction of sp³-hybridized carbons (Fsp3) is 0.364. The Morgan fingerprint density at radius 2 is 1.98 bits per heavy atom. The smallest absolute Gasteiger partial charge is 0.337 e. The third kappa shape index (κ3) is 4.14. The van der Waals surface area contributed by atoms with E-state index in [4.69, 9.17) is 33.0 Å². The van der Waals surface area contributed by atoms with Crippen molar-refractivity contribution in [2.24, 2.45) is 5.92 Å². The van der Waals surface area contributed by atoms with E-state index in [1.165, 1.54) is 13.2 Å². The fourth-order valence-corrected chi connectivity index (χ4v) is 7.83. The molecule has 1 N–H and O–H groups in total. The molecule has 4 aromatic rings. The Labute approximate surface area is 259 Å². The van der Waals surface area contributed by atoms with Gasteiger partial charge in [0, 0.05) is 52.3 Å². The van der Waals surface area contributed by atoms with E-state index >= 15 is 4.39 Å². The van der Waals surface area contributed by atoms with Crippen molar-refractivity contribution in [1.82, 2.24) is 14.7 Å². The number of aromatic nitrogens is 2. The lowest BCUT2D eigenvalue weighted by atomic mass is 9.73. The fourth-order valence-electron chi connectivity index (χ4n) is 7.48. The van der Waals surface area contributed by atoms with Crippen molar-refractivity contribution in [3.05, 3.63) is 92.8 Å². The monoisotopic (exact) mass is 622 g/mol. The van der Waals surface area contributed by atoms with Crippen molar-refractivity contribution in [1.29, 1.82) is 0 Å². The van der Waals surface area contributed by atoms with Crippen LogP contribution in [-0.2, 0) is 21.5 Å². The Balaban J connectivity index is 0.00000329. The summed E-state index contributed by atoms with van der Waals surface area (Å²) in [4.78, 5) is 29.0. The molecule has 7 rings (SSSR count). The highest BCUT2D eigenvalue weighted by molar-refractivity contribution is 6.31. The third-order valence-electron chi connectivity index (χ3n) is 9.20. The lowest BCUT2D eigenvalue weighted by Crippen LogP contribution is -2.53. The maximum Gasteiger partial charge on any atom is 0.337 e. The van der Waals surface area contributed by atoms with E-state index < -0.39 is 23.2 Å². The molecule has 43 heavy (non-hydrogen) atoms. The van der Waals surface area contributed by atoms with Crippen molar-refractivity contribution < 1.29 is 18.7 Å². The summed E-state index contributed by atoms with van der Waals surface area (Å²) < 4.78 is 23.0. The third-order valence-corrected chi connectivity index (χ3v) is 9.72. The van der Waals surface area contributed by atoms with Gasteiger partial charge >= 0.3 is 5.97 Å². The highest BCUT2D eigenvalue weighted by Crippen LogP contribution is 2.63. The van der Waals surface area contributed by atoms with Gasteiger partial charge in [-0.15, -0.1) is 0 Å². The summed E-state index contributed by atoms with van der Waals surface area (Å²) in [6.07, 6.45) is 1.45. The highest BCUT2D eigenvalue weighted by atomic mass is 35.5. The second-order valence-electron chi connectivity index (χ2n) is 11.8. The molecule has 0 bridgehead atoms. The number of methoxy groups -OCH3 is 1. The number of nitrogens with zero attached hydrogens (tertiary/aromatic N) is 3. The Morgan fingerprint density at radius 3 is 2.72 bits per heavy atom. The Hall–Kier alpha value is -3.46. The number of hydrogen-bond donors (Lipinski definition) is 1. The minimum Gasteiger partial charge on any atom is -0.465 e. The molecule has 3 aromatic carbocycles. The number of nitrogens with one attached hydrogen (secondary N) is 1. The molecule has 3 aliphatic rings. The van der Waals surface area contributed by atoms with Gasteiger partial charge in [-0.05, 0) is 48.2 Å². The molecule has 1 aromatic heterocycles. The first-order valence-electron chi connectivity index (χ1n) is 14.1. The lowest BCUT2D eigenvalue weighted by molar-refractivity contribution is -0.128. The summed E-state index contributed by atoms with van der Waals surface area (Å²) in [5.41, 5.74) is 2.58. The normalized spacial score (nSPS) is 23.8. The number of amides is 1. The van der Waals surface area contributed by atoms with Crippen molar-refractivity contribution >= 4 is 51.7 Å². The molecule has 10 heteroatoms. The Morgan fingerprint density at radius 1 is 1.19 bits per heavy atom. The van der Waals surface area contributed by atoms with Crippen LogP contribution >= 0.6 is 23.2 Å². The standard InChI is InChI=1S/C32H29Cl2FN4O3.CH4/c1-16(2)11-12-38-26-15-25-19-9-7-17(30(40)42-3)13-23(19)37-39(25)29(26)27(20-5-4-6-22(34)28(20)35)32(38)21-10-8-18(33)14-24(21)36-31(32)41;/h4-10,13-14,16,26-27,29H,11-12,15H2,1-3H3,(H,36,41);1H4/t26-,27-,29+,32+;/m0./s1. The Bertz CT molecular complexity index is 1790. The first kappa shape index (κ1) is 29.6. The summed E-state index contributed by atoms with van der Waals surface area (Å²) in [5.74, 6) is -1.48. The maximum absolute atomic E-state index is 16.1. The zero-order valence-electron chi connectivity index (χ0n) is 23.3. The zero-order chi connectivity index (χ0) is 29.5. The van der Waals surface area contributed by atoms with Crippen LogP contribution in [0.2, 0.25) is 10.0 Å². The molecule has 1 amide bonds. The topological polar surface area (TPSA) is 76.5 Å². The van der Waals surface area contributed by atoms with Gasteiger partial charge in [0.05, 0.1) is 29.3 Å². The number of fused-ring (bicyclic) bond motifs is 7. The summed E-state index contributed by atoms with van der Waals surface area (Å²) in [7, 11) is 1.34. The summed E-state index contributed by atoms with van der Waals surface area (Å²) in [5, 5.41) is 9.51. The first-order chi connectivity index (χ1) is 20.2. The molecule has 4 heterocycles. The van der Waals surface area contributed by atoms with Crippen LogP contribution in [-0.4, -0.2) is 46.3 Å². The number of rotatable bonds is 5. The molecule has 0 radical (unpaired) electrons. The van der Waals surface area contributed by atoms with Gasteiger partial charge in [-0.1, -0.05) is 68.7 Å². The quantitative estimate of drug-likeness (QED) is 0.235. The largest absolute Gasteiger partial charge is 0.465 e. The lowest BCUT2D eigenvalue weighted by Gasteiger charge is -2.40. The summed E-state index contributed by atoms with van der Waals surface area (Å²) in [6.45, 7) is 4.94. The minimum absolute atomic E-state index is 0. The van der Waals surface area contributed by atoms with E-state index in [-0.39, 0.29) is 30.4 Å².